The van der Waals surface area contributed by atoms with E-state index >= 15 is 0 Å². The van der Waals surface area contributed by atoms with Crippen LogP contribution in [0.3, 0.4) is 0 Å². The normalized spacial score (nSPS) is 11.3. The maximum atomic E-state index is 12.4. The molecule has 8 heteroatoms. The van der Waals surface area contributed by atoms with Crippen molar-refractivity contribution in [2.45, 2.75) is 33.3 Å². The number of carbonyl (C=O) groups is 3. The second-order valence-electron chi connectivity index (χ2n) is 6.48. The van der Waals surface area contributed by atoms with Crippen molar-refractivity contribution < 1.29 is 23.9 Å². The van der Waals surface area contributed by atoms with Gasteiger partial charge in [0.2, 0.25) is 5.91 Å². The van der Waals surface area contributed by atoms with Crippen molar-refractivity contribution in [2.75, 3.05) is 17.7 Å². The van der Waals surface area contributed by atoms with Crippen LogP contribution >= 0.6 is 11.6 Å². The number of aryl methyl sites for hydroxylation is 1. The van der Waals surface area contributed by atoms with E-state index in [1.807, 2.05) is 0 Å². The van der Waals surface area contributed by atoms with Crippen molar-refractivity contribution in [1.29, 1.82) is 0 Å². The minimum atomic E-state index is -0.998. The van der Waals surface area contributed by atoms with Crippen molar-refractivity contribution in [3.63, 3.8) is 0 Å². The molecule has 1 atom stereocenters. The zero-order chi connectivity index (χ0) is 21.6. The van der Waals surface area contributed by atoms with E-state index in [-0.39, 0.29) is 12.3 Å². The largest absolute Gasteiger partial charge is 0.495 e. The van der Waals surface area contributed by atoms with Crippen molar-refractivity contribution >= 4 is 40.8 Å². The third-order valence-electron chi connectivity index (χ3n) is 4.04. The first-order valence-corrected chi connectivity index (χ1v) is 9.28. The molecule has 0 fully saturated rings. The van der Waals surface area contributed by atoms with Crippen molar-refractivity contribution in [3.8, 4) is 5.75 Å². The van der Waals surface area contributed by atoms with Gasteiger partial charge >= 0.3 is 5.97 Å². The molecule has 0 spiro atoms. The average molecular weight is 419 g/mol. The summed E-state index contributed by atoms with van der Waals surface area (Å²) in [7, 11) is 1.47. The molecule has 154 valence electrons. The number of hydrogen-bond donors (Lipinski definition) is 2. The van der Waals surface area contributed by atoms with Gasteiger partial charge in [0, 0.05) is 23.7 Å². The number of methoxy groups -OCH3 is 1. The van der Waals surface area contributed by atoms with Crippen LogP contribution in [0.25, 0.3) is 0 Å². The Morgan fingerprint density at radius 3 is 2.34 bits per heavy atom. The van der Waals surface area contributed by atoms with Crippen LogP contribution in [0.15, 0.2) is 36.4 Å². The number of halogens is 1. The van der Waals surface area contributed by atoms with Crippen LogP contribution in [0.4, 0.5) is 11.4 Å². The summed E-state index contributed by atoms with van der Waals surface area (Å²) < 4.78 is 10.4. The maximum absolute atomic E-state index is 12.4. The lowest BCUT2D eigenvalue weighted by Gasteiger charge is -2.16. The molecule has 0 heterocycles. The number of esters is 1. The van der Waals surface area contributed by atoms with E-state index in [0.29, 0.717) is 27.7 Å². The summed E-state index contributed by atoms with van der Waals surface area (Å²) in [4.78, 5) is 35.6. The van der Waals surface area contributed by atoms with Gasteiger partial charge in [0.05, 0.1) is 19.2 Å². The number of rotatable bonds is 7. The molecule has 29 heavy (non-hydrogen) atoms. The molecular weight excluding hydrogens is 396 g/mol. The van der Waals surface area contributed by atoms with Crippen molar-refractivity contribution in [2.24, 2.45) is 0 Å². The van der Waals surface area contributed by atoms with E-state index in [9.17, 15) is 14.4 Å². The van der Waals surface area contributed by atoms with Crippen molar-refractivity contribution in [3.05, 3.63) is 52.5 Å². The Hall–Kier alpha value is -3.06. The lowest BCUT2D eigenvalue weighted by atomic mass is 10.1. The zero-order valence-electron chi connectivity index (χ0n) is 16.7. The first kappa shape index (κ1) is 22.2. The smallest absolute Gasteiger partial charge is 0.311 e. The summed E-state index contributed by atoms with van der Waals surface area (Å²) in [5, 5.41) is 5.85. The van der Waals surface area contributed by atoms with Crippen LogP contribution < -0.4 is 15.4 Å². The van der Waals surface area contributed by atoms with Gasteiger partial charge in [-0.05, 0) is 43.2 Å². The Morgan fingerprint density at radius 2 is 1.76 bits per heavy atom. The molecule has 2 N–H and O–H groups in total. The lowest BCUT2D eigenvalue weighted by Crippen LogP contribution is -2.30. The topological polar surface area (TPSA) is 93.7 Å². The minimum Gasteiger partial charge on any atom is -0.495 e. The molecular formula is C21H23ClN2O5. The molecule has 0 unspecified atom stereocenters. The molecule has 2 aromatic rings. The van der Waals surface area contributed by atoms with E-state index in [0.717, 1.165) is 5.56 Å². The van der Waals surface area contributed by atoms with Gasteiger partial charge in [0.1, 0.15) is 5.75 Å². The molecule has 0 bridgehead atoms. The molecule has 2 amide bonds. The van der Waals surface area contributed by atoms with Gasteiger partial charge in [-0.3, -0.25) is 14.4 Å². The van der Waals surface area contributed by atoms with E-state index in [1.165, 1.54) is 21.0 Å². The maximum Gasteiger partial charge on any atom is 0.311 e. The van der Waals surface area contributed by atoms with Gasteiger partial charge in [0.25, 0.3) is 5.91 Å². The lowest BCUT2D eigenvalue weighted by molar-refractivity contribution is -0.152. The quantitative estimate of drug-likeness (QED) is 0.668. The van der Waals surface area contributed by atoms with Gasteiger partial charge in [0.15, 0.2) is 6.10 Å². The number of hydrogen-bond acceptors (Lipinski definition) is 5. The number of carbonyl (C=O) groups excluding carboxylic acids is 3. The summed E-state index contributed by atoms with van der Waals surface area (Å²) in [6.45, 7) is 4.71. The summed E-state index contributed by atoms with van der Waals surface area (Å²) in [5.74, 6) is -0.796. The Balaban J connectivity index is 1.94. The van der Waals surface area contributed by atoms with Gasteiger partial charge in [-0.1, -0.05) is 23.7 Å². The third-order valence-corrected chi connectivity index (χ3v) is 4.45. The second-order valence-corrected chi connectivity index (χ2v) is 6.89. The van der Waals surface area contributed by atoms with E-state index < -0.39 is 18.0 Å². The Labute approximate surface area is 174 Å². The molecule has 0 aliphatic rings. The number of ether oxygens (including phenoxy) is 2. The van der Waals surface area contributed by atoms with E-state index in [1.54, 1.807) is 43.3 Å². The van der Waals surface area contributed by atoms with Crippen LogP contribution in [0.2, 0.25) is 5.02 Å². The summed E-state index contributed by atoms with van der Waals surface area (Å²) in [5.41, 5.74) is 2.55. The van der Waals surface area contributed by atoms with Crippen LogP contribution in [-0.4, -0.2) is 31.0 Å². The fourth-order valence-corrected chi connectivity index (χ4v) is 2.69. The first-order chi connectivity index (χ1) is 13.7. The average Bonchev–Trinajstić information content (AvgIpc) is 2.65. The van der Waals surface area contributed by atoms with Gasteiger partial charge < -0.3 is 20.1 Å². The summed E-state index contributed by atoms with van der Waals surface area (Å²) >= 11 is 6.06. The fraction of sp³-hybridized carbons (Fsp3) is 0.286. The highest BCUT2D eigenvalue weighted by Crippen LogP contribution is 2.31. The molecule has 7 nitrogen and oxygen atoms in total. The SMILES string of the molecule is COc1cc(Cl)c(C)cc1NC(=O)[C@@H](C)OC(=O)Cc1ccc(NC(C)=O)cc1. The molecule has 0 saturated heterocycles. The van der Waals surface area contributed by atoms with Crippen LogP contribution in [0.5, 0.6) is 5.75 Å². The van der Waals surface area contributed by atoms with E-state index in [4.69, 9.17) is 21.1 Å². The third kappa shape index (κ3) is 6.50. The number of nitrogens with one attached hydrogen (secondary N) is 2. The monoisotopic (exact) mass is 418 g/mol. The minimum absolute atomic E-state index is 0.00133. The highest BCUT2D eigenvalue weighted by atomic mass is 35.5. The van der Waals surface area contributed by atoms with Crippen molar-refractivity contribution in [1.82, 2.24) is 0 Å². The number of benzene rings is 2. The zero-order valence-corrected chi connectivity index (χ0v) is 17.4. The Bertz CT molecular complexity index is 912. The molecule has 0 saturated carbocycles. The molecule has 0 radical (unpaired) electrons. The Kier molecular flexibility index (Phi) is 7.61. The Morgan fingerprint density at radius 1 is 1.10 bits per heavy atom. The van der Waals surface area contributed by atoms with Crippen LogP contribution in [0.1, 0.15) is 25.0 Å². The standard InChI is InChI=1S/C21H23ClN2O5/c1-12-9-18(19(28-4)11-17(12)22)24-21(27)13(2)29-20(26)10-15-5-7-16(8-6-15)23-14(3)25/h5-9,11,13H,10H2,1-4H3,(H,23,25)(H,24,27)/t13-/m1/s1. The molecule has 0 aromatic heterocycles. The predicted molar refractivity (Wildman–Crippen MR) is 111 cm³/mol. The fourth-order valence-electron chi connectivity index (χ4n) is 2.53. The molecule has 2 rings (SSSR count). The summed E-state index contributed by atoms with van der Waals surface area (Å²) in [6.07, 6.45) is -0.997. The second kappa shape index (κ2) is 9.93. The van der Waals surface area contributed by atoms with E-state index in [2.05, 4.69) is 10.6 Å². The predicted octanol–water partition coefficient (Wildman–Crippen LogP) is 3.73. The van der Waals surface area contributed by atoms with Gasteiger partial charge in [-0.25, -0.2) is 0 Å². The highest BCUT2D eigenvalue weighted by molar-refractivity contribution is 6.31. The molecule has 0 aliphatic carbocycles. The number of anilines is 2. The summed E-state index contributed by atoms with van der Waals surface area (Å²) in [6, 6.07) is 10.1. The molecule has 2 aromatic carbocycles. The van der Waals surface area contributed by atoms with Crippen LogP contribution in [-0.2, 0) is 25.5 Å². The van der Waals surface area contributed by atoms with Gasteiger partial charge in [-0.2, -0.15) is 0 Å². The first-order valence-electron chi connectivity index (χ1n) is 8.90. The number of amides is 2. The van der Waals surface area contributed by atoms with Gasteiger partial charge in [-0.15, -0.1) is 0 Å². The highest BCUT2D eigenvalue weighted by Gasteiger charge is 2.20. The molecule has 0 aliphatic heterocycles. The van der Waals surface area contributed by atoms with Crippen LogP contribution in [0, 0.1) is 6.92 Å².